The van der Waals surface area contributed by atoms with Gasteiger partial charge in [0, 0.05) is 38.9 Å². The first-order valence-electron chi connectivity index (χ1n) is 9.21. The molecule has 1 aromatic heterocycles. The number of fused-ring (bicyclic) bond motifs is 1. The molecule has 2 heterocycles. The third-order valence-corrected chi connectivity index (χ3v) is 4.78. The lowest BCUT2D eigenvalue weighted by atomic mass is 10.1. The average molecular weight is 402 g/mol. The molecule has 29 heavy (non-hydrogen) atoms. The molecule has 0 saturated carbocycles. The van der Waals surface area contributed by atoms with Crippen LogP contribution in [0.15, 0.2) is 35.3 Å². The van der Waals surface area contributed by atoms with Crippen LogP contribution < -0.4 is 10.7 Å². The molecule has 0 radical (unpaired) electrons. The molecule has 0 fully saturated rings. The monoisotopic (exact) mass is 402 g/mol. The summed E-state index contributed by atoms with van der Waals surface area (Å²) in [6, 6.07) is 5.59. The molecule has 0 saturated heterocycles. The van der Waals surface area contributed by atoms with Gasteiger partial charge in [-0.05, 0) is 31.8 Å². The van der Waals surface area contributed by atoms with Crippen molar-refractivity contribution in [3.63, 3.8) is 0 Å². The molecule has 154 valence electrons. The standard InChI is InChI=1S/C20H23FN4O4/c1-23(2)7-8-24-9-10-25-12-15(17(26)18(27)16(25)20(24)29)19(28)22-11-13-3-5-14(21)6-4-13/h3-6,12,27H,7-11H2,1-2H3,(H,22,28). The van der Waals surface area contributed by atoms with Crippen LogP contribution in [0.4, 0.5) is 4.39 Å². The summed E-state index contributed by atoms with van der Waals surface area (Å²) in [6.07, 6.45) is 1.30. The fraction of sp³-hybridized carbons (Fsp3) is 0.350. The van der Waals surface area contributed by atoms with Crippen molar-refractivity contribution in [1.82, 2.24) is 19.7 Å². The Morgan fingerprint density at radius 1 is 1.21 bits per heavy atom. The molecule has 0 aliphatic carbocycles. The van der Waals surface area contributed by atoms with Crippen molar-refractivity contribution < 1.29 is 19.1 Å². The average Bonchev–Trinajstić information content (AvgIpc) is 2.69. The normalized spacial score (nSPS) is 13.5. The van der Waals surface area contributed by atoms with E-state index in [1.807, 2.05) is 19.0 Å². The molecule has 1 aromatic carbocycles. The van der Waals surface area contributed by atoms with Crippen LogP contribution in [-0.2, 0) is 13.1 Å². The second-order valence-electron chi connectivity index (χ2n) is 7.17. The second kappa shape index (κ2) is 8.44. The summed E-state index contributed by atoms with van der Waals surface area (Å²) in [5, 5.41) is 12.9. The number of amides is 2. The van der Waals surface area contributed by atoms with E-state index < -0.39 is 23.0 Å². The Labute approximate surface area is 167 Å². The van der Waals surface area contributed by atoms with E-state index in [1.54, 1.807) is 4.90 Å². The first kappa shape index (κ1) is 20.5. The smallest absolute Gasteiger partial charge is 0.274 e. The van der Waals surface area contributed by atoms with Crippen molar-refractivity contribution >= 4 is 11.8 Å². The maximum absolute atomic E-state index is 13.0. The summed E-state index contributed by atoms with van der Waals surface area (Å²) >= 11 is 0. The number of halogens is 1. The van der Waals surface area contributed by atoms with E-state index in [0.717, 1.165) is 0 Å². The second-order valence-corrected chi connectivity index (χ2v) is 7.17. The van der Waals surface area contributed by atoms with Crippen LogP contribution in [-0.4, -0.2) is 65.0 Å². The van der Waals surface area contributed by atoms with Crippen molar-refractivity contribution in [2.45, 2.75) is 13.1 Å². The molecule has 2 aromatic rings. The molecule has 0 atom stereocenters. The lowest BCUT2D eigenvalue weighted by Gasteiger charge is -2.31. The molecule has 0 bridgehead atoms. The van der Waals surface area contributed by atoms with Crippen LogP contribution in [0.25, 0.3) is 0 Å². The first-order valence-corrected chi connectivity index (χ1v) is 9.21. The number of nitrogens with zero attached hydrogens (tertiary/aromatic N) is 3. The van der Waals surface area contributed by atoms with Crippen LogP contribution >= 0.6 is 0 Å². The number of pyridine rings is 1. The van der Waals surface area contributed by atoms with Gasteiger partial charge in [-0.2, -0.15) is 0 Å². The molecule has 0 spiro atoms. The maximum Gasteiger partial charge on any atom is 0.274 e. The summed E-state index contributed by atoms with van der Waals surface area (Å²) in [4.78, 5) is 41.1. The van der Waals surface area contributed by atoms with E-state index >= 15 is 0 Å². The number of nitrogens with one attached hydrogen (secondary N) is 1. The lowest BCUT2D eigenvalue weighted by Crippen LogP contribution is -2.45. The van der Waals surface area contributed by atoms with Gasteiger partial charge in [0.25, 0.3) is 11.8 Å². The van der Waals surface area contributed by atoms with Gasteiger partial charge in [-0.1, -0.05) is 12.1 Å². The van der Waals surface area contributed by atoms with E-state index in [0.29, 0.717) is 31.7 Å². The summed E-state index contributed by atoms with van der Waals surface area (Å²) in [5.74, 6) is -2.22. The summed E-state index contributed by atoms with van der Waals surface area (Å²) in [6.45, 7) is 2.00. The number of aromatic nitrogens is 1. The van der Waals surface area contributed by atoms with E-state index in [4.69, 9.17) is 0 Å². The van der Waals surface area contributed by atoms with Crippen molar-refractivity contribution in [2.24, 2.45) is 0 Å². The minimum atomic E-state index is -0.893. The Morgan fingerprint density at radius 3 is 2.55 bits per heavy atom. The summed E-state index contributed by atoms with van der Waals surface area (Å²) < 4.78 is 14.4. The zero-order valence-electron chi connectivity index (χ0n) is 16.3. The molecular weight excluding hydrogens is 379 g/mol. The van der Waals surface area contributed by atoms with E-state index in [-0.39, 0.29) is 23.6 Å². The highest BCUT2D eigenvalue weighted by Crippen LogP contribution is 2.20. The topological polar surface area (TPSA) is 94.9 Å². The minimum Gasteiger partial charge on any atom is -0.503 e. The van der Waals surface area contributed by atoms with Crippen molar-refractivity contribution in [3.05, 3.63) is 63.3 Å². The van der Waals surface area contributed by atoms with Crippen molar-refractivity contribution in [3.8, 4) is 5.75 Å². The maximum atomic E-state index is 13.0. The predicted molar refractivity (Wildman–Crippen MR) is 104 cm³/mol. The zero-order chi connectivity index (χ0) is 21.1. The summed E-state index contributed by atoms with van der Waals surface area (Å²) in [7, 11) is 3.78. The molecule has 0 unspecified atom stereocenters. The SMILES string of the molecule is CN(C)CCN1CCn2cc(C(=O)NCc3ccc(F)cc3)c(=O)c(O)c2C1=O. The predicted octanol–water partition coefficient (Wildman–Crippen LogP) is 0.640. The van der Waals surface area contributed by atoms with Gasteiger partial charge in [0.15, 0.2) is 11.4 Å². The van der Waals surface area contributed by atoms with Gasteiger partial charge in [0.2, 0.25) is 5.43 Å². The largest absolute Gasteiger partial charge is 0.503 e. The van der Waals surface area contributed by atoms with Crippen LogP contribution in [0.1, 0.15) is 26.4 Å². The number of likely N-dealkylation sites (N-methyl/N-ethyl adjacent to an activating group) is 1. The van der Waals surface area contributed by atoms with Gasteiger partial charge >= 0.3 is 0 Å². The molecule has 1 aliphatic heterocycles. The number of aromatic hydroxyl groups is 1. The third kappa shape index (κ3) is 4.45. The van der Waals surface area contributed by atoms with Gasteiger partial charge in [-0.25, -0.2) is 4.39 Å². The highest BCUT2D eigenvalue weighted by atomic mass is 19.1. The van der Waals surface area contributed by atoms with Crippen LogP contribution in [0.3, 0.4) is 0 Å². The van der Waals surface area contributed by atoms with Gasteiger partial charge in [-0.3, -0.25) is 14.4 Å². The van der Waals surface area contributed by atoms with Gasteiger partial charge in [0.05, 0.1) is 0 Å². The number of carbonyl (C=O) groups excluding carboxylic acids is 2. The molecule has 1 aliphatic rings. The molecular formula is C20H23FN4O4. The molecule has 2 amide bonds. The quantitative estimate of drug-likeness (QED) is 0.740. The first-order chi connectivity index (χ1) is 13.8. The fourth-order valence-electron chi connectivity index (χ4n) is 3.11. The number of benzene rings is 1. The van der Waals surface area contributed by atoms with Crippen LogP contribution in [0.5, 0.6) is 5.75 Å². The fourth-order valence-corrected chi connectivity index (χ4v) is 3.11. The van der Waals surface area contributed by atoms with Gasteiger partial charge in [-0.15, -0.1) is 0 Å². The number of hydrogen-bond donors (Lipinski definition) is 2. The number of carbonyl (C=O) groups is 2. The Bertz CT molecular complexity index is 985. The molecule has 2 N–H and O–H groups in total. The Kier molecular flexibility index (Phi) is 5.97. The molecule has 9 heteroatoms. The van der Waals surface area contributed by atoms with Crippen LogP contribution in [0.2, 0.25) is 0 Å². The Hall–Kier alpha value is -3.20. The van der Waals surface area contributed by atoms with Crippen molar-refractivity contribution in [2.75, 3.05) is 33.7 Å². The Balaban J connectivity index is 1.79. The van der Waals surface area contributed by atoms with Crippen LogP contribution in [0, 0.1) is 5.82 Å². The number of rotatable bonds is 6. The highest BCUT2D eigenvalue weighted by molar-refractivity contribution is 5.99. The zero-order valence-corrected chi connectivity index (χ0v) is 16.3. The van der Waals surface area contributed by atoms with E-state index in [2.05, 4.69) is 5.32 Å². The Morgan fingerprint density at radius 2 is 1.90 bits per heavy atom. The van der Waals surface area contributed by atoms with E-state index in [1.165, 1.54) is 35.0 Å². The highest BCUT2D eigenvalue weighted by Gasteiger charge is 2.30. The van der Waals surface area contributed by atoms with Gasteiger partial charge < -0.3 is 24.8 Å². The van der Waals surface area contributed by atoms with Gasteiger partial charge in [0.1, 0.15) is 11.4 Å². The molecule has 8 nitrogen and oxygen atoms in total. The lowest BCUT2D eigenvalue weighted by molar-refractivity contribution is 0.0684. The minimum absolute atomic E-state index is 0.0955. The van der Waals surface area contributed by atoms with E-state index in [9.17, 15) is 23.9 Å². The number of hydrogen-bond acceptors (Lipinski definition) is 5. The van der Waals surface area contributed by atoms with Crippen molar-refractivity contribution in [1.29, 1.82) is 0 Å². The molecule has 3 rings (SSSR count). The summed E-state index contributed by atoms with van der Waals surface area (Å²) in [5.41, 5.74) is -0.581. The third-order valence-electron chi connectivity index (χ3n) is 4.78.